The van der Waals surface area contributed by atoms with E-state index in [1.54, 1.807) is 6.20 Å². The lowest BCUT2D eigenvalue weighted by atomic mass is 9.92. The molecule has 1 unspecified atom stereocenters. The highest BCUT2D eigenvalue weighted by atomic mass is 16.5. The summed E-state index contributed by atoms with van der Waals surface area (Å²) >= 11 is 0. The molecule has 0 N–H and O–H groups in total. The number of nitrogens with zero attached hydrogens (tertiary/aromatic N) is 2. The fourth-order valence-corrected chi connectivity index (χ4v) is 1.86. The number of ether oxygens (including phenoxy) is 1. The number of esters is 1. The van der Waals surface area contributed by atoms with Crippen molar-refractivity contribution in [2.75, 3.05) is 6.61 Å². The zero-order valence-electron chi connectivity index (χ0n) is 11.1. The van der Waals surface area contributed by atoms with E-state index in [2.05, 4.69) is 16.5 Å². The van der Waals surface area contributed by atoms with Crippen molar-refractivity contribution in [2.45, 2.75) is 40.7 Å². The van der Waals surface area contributed by atoms with Crippen molar-refractivity contribution < 1.29 is 9.53 Å². The smallest absolute Gasteiger partial charge is 0.309 e. The van der Waals surface area contributed by atoms with Crippen LogP contribution in [0.5, 0.6) is 0 Å². The van der Waals surface area contributed by atoms with E-state index in [0.29, 0.717) is 13.0 Å². The van der Waals surface area contributed by atoms with Crippen LogP contribution < -0.4 is 0 Å². The van der Waals surface area contributed by atoms with Gasteiger partial charge in [-0.2, -0.15) is 0 Å². The van der Waals surface area contributed by atoms with Crippen LogP contribution in [0, 0.1) is 11.8 Å². The third kappa shape index (κ3) is 3.58. The second kappa shape index (κ2) is 6.42. The summed E-state index contributed by atoms with van der Waals surface area (Å²) < 4.78 is 7.18. The van der Waals surface area contributed by atoms with E-state index < -0.39 is 0 Å². The predicted molar refractivity (Wildman–Crippen MR) is 66.6 cm³/mol. The molecule has 0 saturated carbocycles. The maximum absolute atomic E-state index is 11.9. The van der Waals surface area contributed by atoms with Gasteiger partial charge in [-0.1, -0.05) is 13.8 Å². The van der Waals surface area contributed by atoms with Crippen molar-refractivity contribution in [2.24, 2.45) is 11.8 Å². The van der Waals surface area contributed by atoms with Crippen LogP contribution >= 0.6 is 0 Å². The molecule has 0 spiro atoms. The number of aromatic nitrogens is 2. The second-order valence-corrected chi connectivity index (χ2v) is 4.44. The molecule has 0 aliphatic rings. The molecule has 4 heteroatoms. The maximum Gasteiger partial charge on any atom is 0.309 e. The number of rotatable bonds is 6. The van der Waals surface area contributed by atoms with Crippen LogP contribution in [0.25, 0.3) is 0 Å². The molecule has 0 fully saturated rings. The lowest BCUT2D eigenvalue weighted by Crippen LogP contribution is -2.26. The molecule has 0 bridgehead atoms. The topological polar surface area (TPSA) is 44.1 Å². The molecule has 0 aliphatic carbocycles. The maximum atomic E-state index is 11.9. The van der Waals surface area contributed by atoms with E-state index in [4.69, 9.17) is 4.74 Å². The molecule has 0 aromatic carbocycles. The van der Waals surface area contributed by atoms with Gasteiger partial charge in [0.1, 0.15) is 5.82 Å². The van der Waals surface area contributed by atoms with Gasteiger partial charge in [0.2, 0.25) is 0 Å². The summed E-state index contributed by atoms with van der Waals surface area (Å²) in [6, 6.07) is 0. The SMILES string of the molecule is CCOC(=O)C(Cc1nccn1CC)C(C)C. The Morgan fingerprint density at radius 2 is 2.18 bits per heavy atom. The molecule has 1 heterocycles. The van der Waals surface area contributed by atoms with Gasteiger partial charge in [-0.25, -0.2) is 4.98 Å². The minimum atomic E-state index is -0.117. The van der Waals surface area contributed by atoms with Crippen molar-refractivity contribution in [1.29, 1.82) is 0 Å². The lowest BCUT2D eigenvalue weighted by Gasteiger charge is -2.19. The van der Waals surface area contributed by atoms with Gasteiger partial charge in [0, 0.05) is 25.4 Å². The van der Waals surface area contributed by atoms with E-state index >= 15 is 0 Å². The zero-order valence-corrected chi connectivity index (χ0v) is 11.1. The van der Waals surface area contributed by atoms with Crippen LogP contribution in [-0.2, 0) is 22.5 Å². The first-order valence-corrected chi connectivity index (χ1v) is 6.26. The van der Waals surface area contributed by atoms with Crippen molar-refractivity contribution in [1.82, 2.24) is 9.55 Å². The average Bonchev–Trinajstić information content (AvgIpc) is 2.72. The van der Waals surface area contributed by atoms with Crippen LogP contribution in [0.4, 0.5) is 0 Å². The summed E-state index contributed by atoms with van der Waals surface area (Å²) in [5.74, 6) is 0.992. The van der Waals surface area contributed by atoms with Crippen LogP contribution in [0.3, 0.4) is 0 Å². The van der Waals surface area contributed by atoms with Crippen molar-refractivity contribution in [3.63, 3.8) is 0 Å². The zero-order chi connectivity index (χ0) is 12.8. The molecule has 0 amide bonds. The van der Waals surface area contributed by atoms with Crippen LogP contribution in [0.2, 0.25) is 0 Å². The van der Waals surface area contributed by atoms with Crippen molar-refractivity contribution >= 4 is 5.97 Å². The number of hydrogen-bond donors (Lipinski definition) is 0. The molecule has 1 aromatic heterocycles. The molecular weight excluding hydrogens is 216 g/mol. The highest BCUT2D eigenvalue weighted by molar-refractivity contribution is 5.72. The molecule has 17 heavy (non-hydrogen) atoms. The number of carbonyl (C=O) groups is 1. The first kappa shape index (κ1) is 13.7. The van der Waals surface area contributed by atoms with E-state index in [-0.39, 0.29) is 17.8 Å². The van der Waals surface area contributed by atoms with Gasteiger partial charge >= 0.3 is 5.97 Å². The van der Waals surface area contributed by atoms with Gasteiger partial charge in [0.05, 0.1) is 12.5 Å². The van der Waals surface area contributed by atoms with Gasteiger partial charge in [-0.15, -0.1) is 0 Å². The molecular formula is C13H22N2O2. The van der Waals surface area contributed by atoms with E-state index in [1.165, 1.54) is 0 Å². The Labute approximate surface area is 103 Å². The second-order valence-electron chi connectivity index (χ2n) is 4.44. The quantitative estimate of drug-likeness (QED) is 0.714. The molecule has 96 valence electrons. The van der Waals surface area contributed by atoms with Gasteiger partial charge in [0.25, 0.3) is 0 Å². The Kier molecular flexibility index (Phi) is 5.19. The van der Waals surface area contributed by atoms with Crippen LogP contribution in [0.15, 0.2) is 12.4 Å². The summed E-state index contributed by atoms with van der Waals surface area (Å²) in [6.45, 7) is 9.30. The monoisotopic (exact) mass is 238 g/mol. The normalized spacial score (nSPS) is 12.8. The Bertz CT molecular complexity index is 358. The Hall–Kier alpha value is -1.32. The summed E-state index contributed by atoms with van der Waals surface area (Å²) in [4.78, 5) is 16.2. The molecule has 1 rings (SSSR count). The number of hydrogen-bond acceptors (Lipinski definition) is 3. The van der Waals surface area contributed by atoms with Gasteiger partial charge < -0.3 is 9.30 Å². The van der Waals surface area contributed by atoms with E-state index in [9.17, 15) is 4.79 Å². The first-order chi connectivity index (χ1) is 8.10. The fraction of sp³-hybridized carbons (Fsp3) is 0.692. The number of carbonyl (C=O) groups excluding carboxylic acids is 1. The average molecular weight is 238 g/mol. The molecule has 0 aliphatic heterocycles. The van der Waals surface area contributed by atoms with Gasteiger partial charge in [-0.3, -0.25) is 4.79 Å². The predicted octanol–water partition coefficient (Wildman–Crippen LogP) is 2.28. The number of aryl methyl sites for hydroxylation is 1. The van der Waals surface area contributed by atoms with Crippen molar-refractivity contribution in [3.8, 4) is 0 Å². The lowest BCUT2D eigenvalue weighted by molar-refractivity contribution is -0.149. The van der Waals surface area contributed by atoms with Crippen molar-refractivity contribution in [3.05, 3.63) is 18.2 Å². The highest BCUT2D eigenvalue weighted by Gasteiger charge is 2.25. The summed E-state index contributed by atoms with van der Waals surface area (Å²) in [7, 11) is 0. The standard InChI is InChI=1S/C13H22N2O2/c1-5-15-8-7-14-12(15)9-11(10(3)4)13(16)17-6-2/h7-8,10-11H,5-6,9H2,1-4H3. The van der Waals surface area contributed by atoms with Gasteiger partial charge in [0.15, 0.2) is 0 Å². The molecule has 0 saturated heterocycles. The van der Waals surface area contributed by atoms with Crippen LogP contribution in [0.1, 0.15) is 33.5 Å². The van der Waals surface area contributed by atoms with E-state index in [1.807, 2.05) is 27.0 Å². The Morgan fingerprint density at radius 3 is 2.71 bits per heavy atom. The third-order valence-electron chi connectivity index (χ3n) is 2.94. The Balaban J connectivity index is 2.76. The molecule has 1 aromatic rings. The third-order valence-corrected chi connectivity index (χ3v) is 2.94. The minimum absolute atomic E-state index is 0.109. The first-order valence-electron chi connectivity index (χ1n) is 6.26. The fourth-order valence-electron chi connectivity index (χ4n) is 1.86. The molecule has 1 atom stereocenters. The minimum Gasteiger partial charge on any atom is -0.466 e. The highest BCUT2D eigenvalue weighted by Crippen LogP contribution is 2.18. The summed E-state index contributed by atoms with van der Waals surface area (Å²) in [5, 5.41) is 0. The van der Waals surface area contributed by atoms with E-state index in [0.717, 1.165) is 12.4 Å². The summed E-state index contributed by atoms with van der Waals surface area (Å²) in [5.41, 5.74) is 0. The largest absolute Gasteiger partial charge is 0.466 e. The summed E-state index contributed by atoms with van der Waals surface area (Å²) in [6.07, 6.45) is 4.37. The number of imidazole rings is 1. The van der Waals surface area contributed by atoms with Crippen LogP contribution in [-0.4, -0.2) is 22.1 Å². The Morgan fingerprint density at radius 1 is 1.47 bits per heavy atom. The van der Waals surface area contributed by atoms with Gasteiger partial charge in [-0.05, 0) is 19.8 Å². The molecule has 4 nitrogen and oxygen atoms in total. The molecule has 0 radical (unpaired) electrons.